The second-order valence-electron chi connectivity index (χ2n) is 7.07. The van der Waals surface area contributed by atoms with E-state index in [2.05, 4.69) is 39.0 Å². The number of pyridine rings is 1. The third kappa shape index (κ3) is 4.51. The van der Waals surface area contributed by atoms with Crippen molar-refractivity contribution in [3.05, 3.63) is 64.7 Å². The predicted octanol–water partition coefficient (Wildman–Crippen LogP) is 4.05. The Morgan fingerprint density at radius 3 is 2.52 bits per heavy atom. The minimum Gasteiger partial charge on any atom is -0.347 e. The Hall–Kier alpha value is -3.06. The highest BCUT2D eigenvalue weighted by molar-refractivity contribution is 7.09. The number of aryl methyl sites for hydroxylation is 1. The van der Waals surface area contributed by atoms with Crippen LogP contribution in [-0.2, 0) is 17.8 Å². The lowest BCUT2D eigenvalue weighted by Gasteiger charge is -2.09. The molecule has 148 valence electrons. The van der Waals surface area contributed by atoms with Gasteiger partial charge in [-0.25, -0.2) is 0 Å². The molecule has 0 unspecified atom stereocenters. The minimum atomic E-state index is -0.254. The van der Waals surface area contributed by atoms with E-state index in [-0.39, 0.29) is 17.7 Å². The van der Waals surface area contributed by atoms with E-state index in [1.54, 1.807) is 6.20 Å². The van der Waals surface area contributed by atoms with Crippen molar-refractivity contribution >= 4 is 29.0 Å². The lowest BCUT2D eigenvalue weighted by Crippen LogP contribution is -2.24. The molecule has 1 fully saturated rings. The van der Waals surface area contributed by atoms with Crippen molar-refractivity contribution in [1.82, 2.24) is 14.7 Å². The zero-order valence-corrected chi connectivity index (χ0v) is 17.0. The van der Waals surface area contributed by atoms with Gasteiger partial charge in [-0.1, -0.05) is 37.3 Å². The van der Waals surface area contributed by atoms with E-state index in [0.717, 1.165) is 36.4 Å². The third-order valence-electron chi connectivity index (χ3n) is 4.89. The topological polar surface area (TPSA) is 84.0 Å². The van der Waals surface area contributed by atoms with Gasteiger partial charge in [0, 0.05) is 18.7 Å². The number of hydrogen-bond donors (Lipinski definition) is 2. The highest BCUT2D eigenvalue weighted by Crippen LogP contribution is 2.35. The van der Waals surface area contributed by atoms with E-state index in [4.69, 9.17) is 0 Å². The Kier molecular flexibility index (Phi) is 5.67. The molecule has 29 heavy (non-hydrogen) atoms. The molecule has 1 aliphatic rings. The van der Waals surface area contributed by atoms with Crippen molar-refractivity contribution in [2.24, 2.45) is 5.92 Å². The van der Waals surface area contributed by atoms with E-state index >= 15 is 0 Å². The molecule has 0 aliphatic heterocycles. The highest BCUT2D eigenvalue weighted by atomic mass is 32.1. The van der Waals surface area contributed by atoms with Crippen LogP contribution in [0.2, 0.25) is 0 Å². The summed E-state index contributed by atoms with van der Waals surface area (Å²) < 4.78 is 4.42. The number of nitrogens with zero attached hydrogens (tertiary/aromatic N) is 2. The molecule has 2 heterocycles. The van der Waals surface area contributed by atoms with Crippen molar-refractivity contribution < 1.29 is 9.59 Å². The Bertz CT molecular complexity index is 1010. The fraction of sp³-hybridized carbons (Fsp3) is 0.273. The molecule has 0 saturated heterocycles. The summed E-state index contributed by atoms with van der Waals surface area (Å²) in [6.07, 6.45) is 4.42. The summed E-state index contributed by atoms with van der Waals surface area (Å²) in [6, 6.07) is 13.6. The first-order chi connectivity index (χ1) is 14.2. The maximum Gasteiger partial charge on any atom is 0.265 e. The molecule has 0 atom stereocenters. The van der Waals surface area contributed by atoms with E-state index in [1.165, 1.54) is 5.56 Å². The monoisotopic (exact) mass is 406 g/mol. The average Bonchev–Trinajstić information content (AvgIpc) is 3.54. The zero-order valence-electron chi connectivity index (χ0n) is 16.1. The van der Waals surface area contributed by atoms with Crippen molar-refractivity contribution in [2.75, 3.05) is 5.32 Å². The molecular weight excluding hydrogens is 384 g/mol. The number of amides is 2. The molecule has 4 rings (SSSR count). The predicted molar refractivity (Wildman–Crippen MR) is 114 cm³/mol. The molecule has 0 bridgehead atoms. The summed E-state index contributed by atoms with van der Waals surface area (Å²) in [5.74, 6) is -0.290. The molecular formula is C22H22N4O2S. The van der Waals surface area contributed by atoms with Gasteiger partial charge in [0.25, 0.3) is 5.91 Å². The smallest absolute Gasteiger partial charge is 0.265 e. The van der Waals surface area contributed by atoms with Gasteiger partial charge in [0.05, 0.1) is 11.4 Å². The van der Waals surface area contributed by atoms with Crippen LogP contribution in [0.25, 0.3) is 11.4 Å². The minimum absolute atomic E-state index is 0.0273. The number of benzene rings is 1. The Morgan fingerprint density at radius 1 is 1.10 bits per heavy atom. The lowest BCUT2D eigenvalue weighted by atomic mass is 10.1. The van der Waals surface area contributed by atoms with Crippen LogP contribution < -0.4 is 10.6 Å². The van der Waals surface area contributed by atoms with Crippen LogP contribution in [-0.4, -0.2) is 21.2 Å². The second-order valence-corrected chi connectivity index (χ2v) is 7.84. The quantitative estimate of drug-likeness (QED) is 0.620. The molecule has 3 aromatic rings. The molecule has 1 aliphatic carbocycles. The number of rotatable bonds is 7. The van der Waals surface area contributed by atoms with Gasteiger partial charge in [0.2, 0.25) is 5.91 Å². The molecule has 2 N–H and O–H groups in total. The molecule has 7 heteroatoms. The van der Waals surface area contributed by atoms with Crippen LogP contribution in [0, 0.1) is 5.92 Å². The molecule has 1 aromatic carbocycles. The van der Waals surface area contributed by atoms with E-state index in [9.17, 15) is 9.59 Å². The SMILES string of the molecule is CCc1ccc(CNC(=O)c2snc(-c3ccccn3)c2NC(=O)C2CC2)cc1. The largest absolute Gasteiger partial charge is 0.347 e. The summed E-state index contributed by atoms with van der Waals surface area (Å²) in [5.41, 5.74) is 3.89. The van der Waals surface area contributed by atoms with Crippen LogP contribution in [0.3, 0.4) is 0 Å². The Morgan fingerprint density at radius 2 is 1.86 bits per heavy atom. The van der Waals surface area contributed by atoms with Crippen molar-refractivity contribution in [3.63, 3.8) is 0 Å². The van der Waals surface area contributed by atoms with Crippen LogP contribution >= 0.6 is 11.5 Å². The van der Waals surface area contributed by atoms with E-state index in [0.29, 0.717) is 28.5 Å². The molecule has 1 saturated carbocycles. The normalized spacial score (nSPS) is 13.1. The summed E-state index contributed by atoms with van der Waals surface area (Å²) in [7, 11) is 0. The van der Waals surface area contributed by atoms with Gasteiger partial charge < -0.3 is 10.6 Å². The third-order valence-corrected chi connectivity index (χ3v) is 5.73. The Balaban J connectivity index is 1.55. The van der Waals surface area contributed by atoms with Gasteiger partial charge >= 0.3 is 0 Å². The molecule has 0 spiro atoms. The number of carbonyl (C=O) groups is 2. The number of carbonyl (C=O) groups excluding carboxylic acids is 2. The molecule has 0 radical (unpaired) electrons. The molecule has 2 aromatic heterocycles. The lowest BCUT2D eigenvalue weighted by molar-refractivity contribution is -0.117. The van der Waals surface area contributed by atoms with Crippen molar-refractivity contribution in [3.8, 4) is 11.4 Å². The zero-order chi connectivity index (χ0) is 20.2. The molecule has 2 amide bonds. The van der Waals surface area contributed by atoms with Crippen molar-refractivity contribution in [2.45, 2.75) is 32.7 Å². The number of nitrogens with one attached hydrogen (secondary N) is 2. The maximum absolute atomic E-state index is 12.9. The standard InChI is InChI=1S/C22H22N4O2S/c1-2-14-6-8-15(9-7-14)13-24-22(28)20-19(25-21(27)16-10-11-16)18(26-29-20)17-5-3-4-12-23-17/h3-9,12,16H,2,10-11,13H2,1H3,(H,24,28)(H,25,27). The average molecular weight is 407 g/mol. The van der Waals surface area contributed by atoms with Crippen LogP contribution in [0.15, 0.2) is 48.7 Å². The van der Waals surface area contributed by atoms with Crippen LogP contribution in [0.1, 0.15) is 40.6 Å². The summed E-state index contributed by atoms with van der Waals surface area (Å²) in [5, 5.41) is 5.86. The van der Waals surface area contributed by atoms with E-state index in [1.807, 2.05) is 30.3 Å². The fourth-order valence-electron chi connectivity index (χ4n) is 2.96. The van der Waals surface area contributed by atoms with E-state index < -0.39 is 0 Å². The first kappa shape index (κ1) is 19.3. The summed E-state index contributed by atoms with van der Waals surface area (Å²) >= 11 is 1.08. The van der Waals surface area contributed by atoms with Gasteiger partial charge in [0.15, 0.2) is 0 Å². The van der Waals surface area contributed by atoms with Gasteiger partial charge in [-0.3, -0.25) is 14.6 Å². The summed E-state index contributed by atoms with van der Waals surface area (Å²) in [4.78, 5) is 30.0. The fourth-order valence-corrected chi connectivity index (χ4v) is 3.73. The highest BCUT2D eigenvalue weighted by Gasteiger charge is 2.32. The Labute approximate surface area is 173 Å². The van der Waals surface area contributed by atoms with Gasteiger partial charge in [0.1, 0.15) is 10.6 Å². The maximum atomic E-state index is 12.9. The van der Waals surface area contributed by atoms with Gasteiger partial charge in [-0.2, -0.15) is 4.37 Å². The number of hydrogen-bond acceptors (Lipinski definition) is 5. The first-order valence-electron chi connectivity index (χ1n) is 9.73. The summed E-state index contributed by atoms with van der Waals surface area (Å²) in [6.45, 7) is 2.52. The molecule has 6 nitrogen and oxygen atoms in total. The number of anilines is 1. The van der Waals surface area contributed by atoms with Gasteiger partial charge in [-0.05, 0) is 54.1 Å². The first-order valence-corrected chi connectivity index (χ1v) is 10.5. The van der Waals surface area contributed by atoms with Crippen LogP contribution in [0.4, 0.5) is 5.69 Å². The number of aromatic nitrogens is 2. The van der Waals surface area contributed by atoms with Crippen LogP contribution in [0.5, 0.6) is 0 Å². The second kappa shape index (κ2) is 8.53. The van der Waals surface area contributed by atoms with Gasteiger partial charge in [-0.15, -0.1) is 0 Å². The van der Waals surface area contributed by atoms with Crippen molar-refractivity contribution in [1.29, 1.82) is 0 Å².